The minimum Gasteiger partial charge on any atom is -0.390 e. The number of hydrogen-bond acceptors (Lipinski definition) is 4. The Hall–Kier alpha value is -2.19. The fraction of sp³-hybridized carbons (Fsp3) is 0.533. The van der Waals surface area contributed by atoms with Crippen LogP contribution in [-0.4, -0.2) is 47.3 Å². The number of benzene rings is 1. The lowest BCUT2D eigenvalue weighted by molar-refractivity contribution is -0.127. The van der Waals surface area contributed by atoms with Gasteiger partial charge in [0.1, 0.15) is 12.1 Å². The molecule has 5 rings (SSSR count). The first kappa shape index (κ1) is 28.3. The Morgan fingerprint density at radius 2 is 2.03 bits per heavy atom. The first-order chi connectivity index (χ1) is 18.5. The molecule has 2 aliphatic heterocycles. The molecule has 3 fully saturated rings. The van der Waals surface area contributed by atoms with Gasteiger partial charge >= 0.3 is 0 Å². The molecule has 39 heavy (non-hydrogen) atoms. The fourth-order valence-corrected chi connectivity index (χ4v) is 7.54. The van der Waals surface area contributed by atoms with E-state index in [2.05, 4.69) is 22.5 Å². The molecule has 4 N–H and O–H groups in total. The van der Waals surface area contributed by atoms with Gasteiger partial charge < -0.3 is 21.1 Å². The number of fused-ring (bicyclic) bond motifs is 2. The molecule has 1 spiro atoms. The number of alkyl halides is 1. The molecule has 1 aromatic carbocycles. The normalized spacial score (nSPS) is 34.4. The lowest BCUT2D eigenvalue weighted by Gasteiger charge is -2.42. The average Bonchev–Trinajstić information content (AvgIpc) is 3.56. The predicted molar refractivity (Wildman–Crippen MR) is 153 cm³/mol. The molecule has 0 radical (unpaired) electrons. The molecule has 0 aromatic heterocycles. The Morgan fingerprint density at radius 3 is 2.69 bits per heavy atom. The maximum atomic E-state index is 14.1. The zero-order chi connectivity index (χ0) is 27.9. The van der Waals surface area contributed by atoms with Gasteiger partial charge in [0.25, 0.3) is 0 Å². The smallest absolute Gasteiger partial charge is 0.238 e. The van der Waals surface area contributed by atoms with Crippen molar-refractivity contribution in [1.29, 1.82) is 0 Å². The van der Waals surface area contributed by atoms with E-state index in [0.717, 1.165) is 37.7 Å². The van der Waals surface area contributed by atoms with Crippen LogP contribution < -0.4 is 16.0 Å². The second kappa shape index (κ2) is 11.0. The van der Waals surface area contributed by atoms with Gasteiger partial charge in [-0.25, -0.2) is 4.39 Å². The lowest BCUT2D eigenvalue weighted by Crippen LogP contribution is -2.57. The zero-order valence-corrected chi connectivity index (χ0v) is 23.6. The predicted octanol–water partition coefficient (Wildman–Crippen LogP) is 5.30. The van der Waals surface area contributed by atoms with E-state index in [1.807, 2.05) is 6.07 Å². The minimum absolute atomic E-state index is 0.0438. The van der Waals surface area contributed by atoms with Crippen molar-refractivity contribution in [1.82, 2.24) is 10.6 Å². The van der Waals surface area contributed by atoms with Crippen molar-refractivity contribution in [2.45, 2.75) is 81.0 Å². The van der Waals surface area contributed by atoms with Crippen molar-refractivity contribution in [3.63, 3.8) is 0 Å². The summed E-state index contributed by atoms with van der Waals surface area (Å²) in [6.07, 6.45) is 11.0. The summed E-state index contributed by atoms with van der Waals surface area (Å²) >= 11 is 12.2. The number of hydrogen-bond donors (Lipinski definition) is 4. The Bertz CT molecular complexity index is 1220. The molecule has 6 nitrogen and oxygen atoms in total. The third-order valence-electron chi connectivity index (χ3n) is 8.96. The summed E-state index contributed by atoms with van der Waals surface area (Å²) in [4.78, 5) is 28.0. The van der Waals surface area contributed by atoms with E-state index >= 15 is 0 Å². The third kappa shape index (κ3) is 5.31. The third-order valence-corrected chi connectivity index (χ3v) is 9.43. The topological polar surface area (TPSA) is 90.5 Å². The van der Waals surface area contributed by atoms with Crippen molar-refractivity contribution in [2.24, 2.45) is 11.8 Å². The van der Waals surface area contributed by atoms with E-state index in [4.69, 9.17) is 23.2 Å². The first-order valence-corrected chi connectivity index (χ1v) is 14.5. The van der Waals surface area contributed by atoms with Gasteiger partial charge in [-0.3, -0.25) is 9.59 Å². The Morgan fingerprint density at radius 1 is 1.31 bits per heavy atom. The fourth-order valence-electron chi connectivity index (χ4n) is 7.29. The van der Waals surface area contributed by atoms with Gasteiger partial charge in [-0.2, -0.15) is 0 Å². The summed E-state index contributed by atoms with van der Waals surface area (Å²) in [5.41, 5.74) is 0.125. The summed E-state index contributed by atoms with van der Waals surface area (Å²) < 4.78 is 12.9. The van der Waals surface area contributed by atoms with Crippen LogP contribution in [0.5, 0.6) is 0 Å². The van der Waals surface area contributed by atoms with Crippen LogP contribution in [0.4, 0.5) is 10.1 Å². The van der Waals surface area contributed by atoms with Crippen molar-refractivity contribution >= 4 is 40.7 Å². The monoisotopic (exact) mass is 575 g/mol. The van der Waals surface area contributed by atoms with Gasteiger partial charge in [-0.15, -0.1) is 0 Å². The maximum Gasteiger partial charge on any atom is 0.238 e. The van der Waals surface area contributed by atoms with Crippen LogP contribution in [0.15, 0.2) is 53.6 Å². The number of rotatable bonds is 8. The number of carbonyl (C=O) groups excluding carboxylic acids is 2. The highest BCUT2D eigenvalue weighted by atomic mass is 35.5. The van der Waals surface area contributed by atoms with Crippen LogP contribution in [0.25, 0.3) is 0 Å². The van der Waals surface area contributed by atoms with Crippen LogP contribution in [0.3, 0.4) is 0 Å². The van der Waals surface area contributed by atoms with E-state index in [-0.39, 0.29) is 28.9 Å². The Balaban J connectivity index is 1.57. The molecule has 9 heteroatoms. The standard InChI is InChI=1S/C30H36Cl2FN3O3/c1-17(6-5-9-20(32)16-33)25-26(27(37)34-21-14-29(2,39)15-21)36-24(12-18-7-3-4-8-18)30(25)22-11-10-19(31)13-23(22)35-28(30)38/h5-6,9-11,13,18,21,24-26,36,39H,1,3-4,7-8,12,14-16H2,2H3,(H,34,37)(H,35,38)/b6-5-,20-9+/t21?,24-,25-,26+,29?,30+/m0/s1. The molecular weight excluding hydrogens is 540 g/mol. The zero-order valence-electron chi connectivity index (χ0n) is 22.1. The highest BCUT2D eigenvalue weighted by Gasteiger charge is 2.65. The van der Waals surface area contributed by atoms with E-state index < -0.39 is 29.7 Å². The minimum atomic E-state index is -1.09. The van der Waals surface area contributed by atoms with Crippen molar-refractivity contribution < 1.29 is 19.1 Å². The SMILES string of the molecule is C=C(/C=C\C=C(\Cl)CF)[C@H]1[C@H](C(=O)NC2CC(C)(O)C2)N[C@@H](CC2CCCC2)[C@@]12C(=O)Nc1cc(Cl)ccc12. The summed E-state index contributed by atoms with van der Waals surface area (Å²) in [6.45, 7) is 5.29. The second-order valence-electron chi connectivity index (χ2n) is 11.9. The van der Waals surface area contributed by atoms with E-state index in [9.17, 15) is 19.1 Å². The van der Waals surface area contributed by atoms with Crippen LogP contribution in [-0.2, 0) is 15.0 Å². The van der Waals surface area contributed by atoms with E-state index in [1.54, 1.807) is 31.2 Å². The number of anilines is 1. The molecule has 2 aliphatic carbocycles. The molecular formula is C30H36Cl2FN3O3. The van der Waals surface area contributed by atoms with Gasteiger partial charge in [0.05, 0.1) is 11.6 Å². The Labute approximate surface area is 239 Å². The van der Waals surface area contributed by atoms with Crippen LogP contribution in [0.1, 0.15) is 57.4 Å². The van der Waals surface area contributed by atoms with Gasteiger partial charge in [0.15, 0.2) is 0 Å². The largest absolute Gasteiger partial charge is 0.390 e. The molecule has 4 atom stereocenters. The first-order valence-electron chi connectivity index (χ1n) is 13.7. The van der Waals surface area contributed by atoms with Crippen LogP contribution >= 0.6 is 23.2 Å². The molecule has 4 aliphatic rings. The lowest BCUT2D eigenvalue weighted by atomic mass is 9.63. The van der Waals surface area contributed by atoms with Crippen molar-refractivity contribution in [3.05, 3.63) is 64.2 Å². The molecule has 0 unspecified atom stereocenters. The second-order valence-corrected chi connectivity index (χ2v) is 12.8. The number of halogens is 3. The highest BCUT2D eigenvalue weighted by molar-refractivity contribution is 6.31. The van der Waals surface area contributed by atoms with Gasteiger partial charge in [0.2, 0.25) is 11.8 Å². The molecule has 0 bridgehead atoms. The van der Waals surface area contributed by atoms with E-state index in [0.29, 0.717) is 35.0 Å². The summed E-state index contributed by atoms with van der Waals surface area (Å²) in [5.74, 6) is -0.589. The molecule has 2 amide bonds. The van der Waals surface area contributed by atoms with Crippen LogP contribution in [0, 0.1) is 11.8 Å². The van der Waals surface area contributed by atoms with E-state index in [1.165, 1.54) is 6.08 Å². The number of amides is 2. The maximum absolute atomic E-state index is 14.1. The van der Waals surface area contributed by atoms with Gasteiger partial charge in [-0.1, -0.05) is 73.7 Å². The molecule has 2 saturated carbocycles. The highest BCUT2D eigenvalue weighted by Crippen LogP contribution is 2.55. The molecule has 1 aromatic rings. The number of nitrogens with one attached hydrogen (secondary N) is 3. The Kier molecular flexibility index (Phi) is 7.99. The van der Waals surface area contributed by atoms with Crippen LogP contribution in [0.2, 0.25) is 5.02 Å². The number of carbonyl (C=O) groups is 2. The molecule has 1 saturated heterocycles. The van der Waals surface area contributed by atoms with Crippen molar-refractivity contribution in [3.8, 4) is 0 Å². The summed E-state index contributed by atoms with van der Waals surface area (Å²) in [5, 5.41) is 20.5. The van der Waals surface area contributed by atoms with Gasteiger partial charge in [-0.05, 0) is 61.4 Å². The quantitative estimate of drug-likeness (QED) is 0.316. The number of aliphatic hydroxyl groups is 1. The number of allylic oxidation sites excluding steroid dienone is 4. The molecule has 210 valence electrons. The average molecular weight is 577 g/mol. The summed E-state index contributed by atoms with van der Waals surface area (Å²) in [6, 6.07) is 4.21. The summed E-state index contributed by atoms with van der Waals surface area (Å²) in [7, 11) is 0. The molecule has 2 heterocycles. The van der Waals surface area contributed by atoms with Gasteiger partial charge in [0, 0.05) is 33.7 Å². The van der Waals surface area contributed by atoms with Crippen molar-refractivity contribution in [2.75, 3.05) is 12.0 Å².